The Hall–Kier alpha value is -0.0900. The third-order valence-electron chi connectivity index (χ3n) is 2.68. The Balaban J connectivity index is 1.96. The van der Waals surface area contributed by atoms with Gasteiger partial charge >= 0.3 is 0 Å². The highest BCUT2D eigenvalue weighted by Crippen LogP contribution is 2.47. The average molecular weight is 338 g/mol. The van der Waals surface area contributed by atoms with E-state index in [4.69, 9.17) is 4.74 Å². The van der Waals surface area contributed by atoms with Crippen molar-refractivity contribution in [3.05, 3.63) is 28.5 Å². The van der Waals surface area contributed by atoms with Crippen LogP contribution in [-0.4, -0.2) is 11.9 Å². The third-order valence-corrected chi connectivity index (χ3v) is 4.47. The summed E-state index contributed by atoms with van der Waals surface area (Å²) in [4.78, 5) is 0. The molecule has 1 fully saturated rings. The summed E-state index contributed by atoms with van der Waals surface area (Å²) in [7, 11) is 0. The van der Waals surface area contributed by atoms with Crippen LogP contribution in [-0.2, 0) is 0 Å². The van der Waals surface area contributed by atoms with Gasteiger partial charge in [-0.05, 0) is 47.0 Å². The van der Waals surface area contributed by atoms with Crippen LogP contribution in [0.4, 0.5) is 4.39 Å². The van der Waals surface area contributed by atoms with E-state index in [9.17, 15) is 4.39 Å². The molecule has 0 bridgehead atoms. The van der Waals surface area contributed by atoms with Crippen LogP contribution < -0.4 is 4.74 Å². The molecule has 0 spiro atoms. The molecule has 1 nitrogen and oxygen atoms in total. The van der Waals surface area contributed by atoms with Crippen LogP contribution in [0.2, 0.25) is 0 Å². The molecule has 0 unspecified atom stereocenters. The predicted octanol–water partition coefficient (Wildman–Crippen LogP) is 4.14. The summed E-state index contributed by atoms with van der Waals surface area (Å²) in [5.74, 6) is 0.458. The van der Waals surface area contributed by atoms with Crippen LogP contribution in [0.5, 0.6) is 5.75 Å². The molecule has 0 aliphatic heterocycles. The lowest BCUT2D eigenvalue weighted by Crippen LogP contribution is -2.14. The maximum Gasteiger partial charge on any atom is 0.137 e. The zero-order chi connectivity index (χ0) is 10.9. The average Bonchev–Trinajstić information content (AvgIpc) is 3.01. The van der Waals surface area contributed by atoms with Gasteiger partial charge in [0, 0.05) is 10.7 Å². The first kappa shape index (κ1) is 11.4. The van der Waals surface area contributed by atoms with Crippen molar-refractivity contribution >= 4 is 31.9 Å². The number of ether oxygens (including phenoxy) is 1. The standard InChI is InChI=1S/C11H11Br2FO/c12-6-11(3-4-11)7-15-8-1-2-10(14)9(13)5-8/h1-2,5H,3-4,6-7H2. The highest BCUT2D eigenvalue weighted by atomic mass is 79.9. The van der Waals surface area contributed by atoms with Crippen molar-refractivity contribution in [1.29, 1.82) is 0 Å². The molecule has 0 atom stereocenters. The molecule has 15 heavy (non-hydrogen) atoms. The Morgan fingerprint density at radius 1 is 1.40 bits per heavy atom. The molecule has 0 heterocycles. The van der Waals surface area contributed by atoms with Gasteiger partial charge in [-0.15, -0.1) is 0 Å². The molecule has 1 aliphatic rings. The van der Waals surface area contributed by atoms with Crippen LogP contribution >= 0.6 is 31.9 Å². The quantitative estimate of drug-likeness (QED) is 0.750. The normalized spacial score (nSPS) is 17.5. The van der Waals surface area contributed by atoms with Crippen LogP contribution in [0.25, 0.3) is 0 Å². The molecule has 0 amide bonds. The molecule has 0 saturated heterocycles. The van der Waals surface area contributed by atoms with E-state index in [1.54, 1.807) is 12.1 Å². The van der Waals surface area contributed by atoms with Crippen LogP contribution in [0, 0.1) is 11.2 Å². The van der Waals surface area contributed by atoms with Gasteiger partial charge in [-0.3, -0.25) is 0 Å². The molecule has 82 valence electrons. The monoisotopic (exact) mass is 336 g/mol. The lowest BCUT2D eigenvalue weighted by atomic mass is 10.2. The van der Waals surface area contributed by atoms with Crippen molar-refractivity contribution in [1.82, 2.24) is 0 Å². The minimum Gasteiger partial charge on any atom is -0.493 e. The maximum atomic E-state index is 12.9. The van der Waals surface area contributed by atoms with Crippen molar-refractivity contribution in [2.24, 2.45) is 5.41 Å². The summed E-state index contributed by atoms with van der Waals surface area (Å²) >= 11 is 6.62. The Kier molecular flexibility index (Phi) is 3.36. The molecule has 4 heteroatoms. The SMILES string of the molecule is Fc1ccc(OCC2(CBr)CC2)cc1Br. The van der Waals surface area contributed by atoms with Gasteiger partial charge in [-0.25, -0.2) is 4.39 Å². The van der Waals surface area contributed by atoms with E-state index in [0.717, 1.165) is 11.1 Å². The lowest BCUT2D eigenvalue weighted by molar-refractivity contribution is 0.251. The maximum absolute atomic E-state index is 12.9. The van der Waals surface area contributed by atoms with Crippen molar-refractivity contribution < 1.29 is 9.13 Å². The van der Waals surface area contributed by atoms with E-state index < -0.39 is 0 Å². The molecule has 0 aromatic heterocycles. The molecule has 0 radical (unpaired) electrons. The van der Waals surface area contributed by atoms with Crippen LogP contribution in [0.3, 0.4) is 0 Å². The Bertz CT molecular complexity index is 364. The van der Waals surface area contributed by atoms with E-state index in [1.165, 1.54) is 18.9 Å². The Labute approximate surface area is 105 Å². The number of alkyl halides is 1. The summed E-state index contributed by atoms with van der Waals surface area (Å²) in [5.41, 5.74) is 0.320. The van der Waals surface area contributed by atoms with Gasteiger partial charge in [-0.1, -0.05) is 15.9 Å². The van der Waals surface area contributed by atoms with Gasteiger partial charge in [0.1, 0.15) is 11.6 Å². The second-order valence-corrected chi connectivity index (χ2v) is 5.41. The number of hydrogen-bond acceptors (Lipinski definition) is 1. The van der Waals surface area contributed by atoms with Crippen LogP contribution in [0.15, 0.2) is 22.7 Å². The second kappa shape index (κ2) is 4.42. The molecule has 1 aromatic rings. The summed E-state index contributed by atoms with van der Waals surface area (Å²) < 4.78 is 19.0. The summed E-state index contributed by atoms with van der Waals surface area (Å²) in [6, 6.07) is 4.73. The minimum atomic E-state index is -0.260. The zero-order valence-corrected chi connectivity index (χ0v) is 11.3. The topological polar surface area (TPSA) is 9.23 Å². The smallest absolute Gasteiger partial charge is 0.137 e. The first-order chi connectivity index (χ1) is 7.15. The fourth-order valence-electron chi connectivity index (χ4n) is 1.30. The fourth-order valence-corrected chi connectivity index (χ4v) is 2.38. The molecular formula is C11H11Br2FO. The van der Waals surface area contributed by atoms with Gasteiger partial charge in [0.15, 0.2) is 0 Å². The van der Waals surface area contributed by atoms with E-state index in [1.807, 2.05) is 0 Å². The minimum absolute atomic E-state index is 0.260. The van der Waals surface area contributed by atoms with Gasteiger partial charge in [0.25, 0.3) is 0 Å². The van der Waals surface area contributed by atoms with Gasteiger partial charge < -0.3 is 4.74 Å². The number of rotatable bonds is 4. The fraction of sp³-hybridized carbons (Fsp3) is 0.455. The first-order valence-corrected chi connectivity index (χ1v) is 6.70. The van der Waals surface area contributed by atoms with E-state index >= 15 is 0 Å². The highest BCUT2D eigenvalue weighted by molar-refractivity contribution is 9.10. The molecular weight excluding hydrogens is 327 g/mol. The third kappa shape index (κ3) is 2.72. The van der Waals surface area contributed by atoms with Crippen molar-refractivity contribution in [2.45, 2.75) is 12.8 Å². The number of hydrogen-bond donors (Lipinski definition) is 0. The molecule has 0 N–H and O–H groups in total. The number of halogens is 3. The Morgan fingerprint density at radius 3 is 2.67 bits per heavy atom. The summed E-state index contributed by atoms with van der Waals surface area (Å²) in [6.45, 7) is 0.705. The Morgan fingerprint density at radius 2 is 2.13 bits per heavy atom. The van der Waals surface area contributed by atoms with Gasteiger partial charge in [0.2, 0.25) is 0 Å². The van der Waals surface area contributed by atoms with Crippen molar-refractivity contribution in [3.8, 4) is 5.75 Å². The first-order valence-electron chi connectivity index (χ1n) is 4.79. The number of benzene rings is 1. The zero-order valence-electron chi connectivity index (χ0n) is 8.10. The molecule has 1 aromatic carbocycles. The molecule has 1 aliphatic carbocycles. The molecule has 1 saturated carbocycles. The van der Waals surface area contributed by atoms with Crippen LogP contribution in [0.1, 0.15) is 12.8 Å². The molecule has 2 rings (SSSR count). The van der Waals surface area contributed by atoms with E-state index in [-0.39, 0.29) is 5.82 Å². The van der Waals surface area contributed by atoms with Crippen molar-refractivity contribution in [3.63, 3.8) is 0 Å². The summed E-state index contributed by atoms with van der Waals surface area (Å²) in [5, 5.41) is 0.975. The summed E-state index contributed by atoms with van der Waals surface area (Å²) in [6.07, 6.45) is 2.42. The highest BCUT2D eigenvalue weighted by Gasteiger charge is 2.42. The van der Waals surface area contributed by atoms with Crippen molar-refractivity contribution in [2.75, 3.05) is 11.9 Å². The van der Waals surface area contributed by atoms with E-state index in [0.29, 0.717) is 16.5 Å². The second-order valence-electron chi connectivity index (χ2n) is 4.00. The van der Waals surface area contributed by atoms with Gasteiger partial charge in [0.05, 0.1) is 11.1 Å². The van der Waals surface area contributed by atoms with E-state index in [2.05, 4.69) is 31.9 Å². The largest absolute Gasteiger partial charge is 0.493 e. The lowest BCUT2D eigenvalue weighted by Gasteiger charge is -2.13. The predicted molar refractivity (Wildman–Crippen MR) is 65.1 cm³/mol. The van der Waals surface area contributed by atoms with Gasteiger partial charge in [-0.2, -0.15) is 0 Å².